The number of carbonyl (C=O) groups excluding carboxylic acids is 2. The zero-order chi connectivity index (χ0) is 25.5. The topological polar surface area (TPSA) is 134 Å². The molecule has 1 aliphatic rings. The van der Waals surface area contributed by atoms with Crippen LogP contribution in [0.5, 0.6) is 11.5 Å². The van der Waals surface area contributed by atoms with Gasteiger partial charge in [0.25, 0.3) is 5.91 Å². The van der Waals surface area contributed by atoms with Crippen LogP contribution >= 0.6 is 0 Å². The van der Waals surface area contributed by atoms with Crippen molar-refractivity contribution >= 4 is 21.9 Å². The molecule has 0 aromatic heterocycles. The first kappa shape index (κ1) is 26.5. The molecule has 1 amide bonds. The van der Waals surface area contributed by atoms with Crippen molar-refractivity contribution in [2.24, 2.45) is 0 Å². The molecule has 1 aliphatic heterocycles. The van der Waals surface area contributed by atoms with E-state index in [0.717, 1.165) is 4.31 Å². The van der Waals surface area contributed by atoms with E-state index in [-0.39, 0.29) is 37.3 Å². The highest BCUT2D eigenvalue weighted by Gasteiger charge is 2.50. The summed E-state index contributed by atoms with van der Waals surface area (Å²) in [5.74, 6) is -1.21. The molecule has 0 aliphatic carbocycles. The number of piperidine rings is 1. The third kappa shape index (κ3) is 6.14. The summed E-state index contributed by atoms with van der Waals surface area (Å²) in [5.41, 5.74) is -0.00554. The Kier molecular flexibility index (Phi) is 8.78. The highest BCUT2D eigenvalue weighted by atomic mass is 32.2. The van der Waals surface area contributed by atoms with Gasteiger partial charge in [-0.05, 0) is 81.4 Å². The van der Waals surface area contributed by atoms with Crippen LogP contribution in [-0.4, -0.2) is 61.6 Å². The number of nitrogens with one attached hydrogen (secondary N) is 2. The number of rotatable bonds is 10. The van der Waals surface area contributed by atoms with Crippen LogP contribution in [-0.2, 0) is 24.3 Å². The van der Waals surface area contributed by atoms with Gasteiger partial charge in [-0.1, -0.05) is 0 Å². The van der Waals surface area contributed by atoms with Crippen LogP contribution in [0, 0.1) is 5.82 Å². The van der Waals surface area contributed by atoms with E-state index in [9.17, 15) is 27.6 Å². The highest BCUT2D eigenvalue weighted by Crippen LogP contribution is 2.34. The Morgan fingerprint density at radius 3 is 2.20 bits per heavy atom. The molecule has 0 unspecified atom stereocenters. The van der Waals surface area contributed by atoms with Gasteiger partial charge in [-0.15, -0.1) is 0 Å². The van der Waals surface area contributed by atoms with Crippen LogP contribution in [0.15, 0.2) is 53.4 Å². The summed E-state index contributed by atoms with van der Waals surface area (Å²) in [6.45, 7) is 2.12. The highest BCUT2D eigenvalue weighted by molar-refractivity contribution is 7.89. The van der Waals surface area contributed by atoms with Crippen molar-refractivity contribution in [2.75, 3.05) is 26.2 Å². The number of benzene rings is 2. The third-order valence-electron chi connectivity index (χ3n) is 5.72. The largest absolute Gasteiger partial charge is 0.466 e. The summed E-state index contributed by atoms with van der Waals surface area (Å²) in [7, 11) is -4.30. The van der Waals surface area contributed by atoms with Crippen LogP contribution in [0.2, 0.25) is 0 Å². The molecular formula is C23H28FN3O7S. The zero-order valence-electron chi connectivity index (χ0n) is 19.2. The van der Waals surface area contributed by atoms with E-state index < -0.39 is 33.3 Å². The van der Waals surface area contributed by atoms with Gasteiger partial charge in [0.05, 0.1) is 17.9 Å². The number of ether oxygens (including phenoxy) is 2. The molecule has 1 fully saturated rings. The molecule has 0 bridgehead atoms. The molecule has 35 heavy (non-hydrogen) atoms. The maximum Gasteiger partial charge on any atom is 0.307 e. The molecule has 1 saturated heterocycles. The molecule has 0 spiro atoms. The fraction of sp³-hybridized carbons (Fsp3) is 0.391. The number of nitrogens with zero attached hydrogens (tertiary/aromatic N) is 1. The number of hydroxylamine groups is 1. The molecule has 190 valence electrons. The molecule has 3 rings (SSSR count). The summed E-state index contributed by atoms with van der Waals surface area (Å²) in [6.07, 6.45) is -0.0901. The maximum absolute atomic E-state index is 13.7. The van der Waals surface area contributed by atoms with Crippen LogP contribution in [0.25, 0.3) is 0 Å². The number of sulfonamides is 1. The Labute approximate surface area is 203 Å². The quantitative estimate of drug-likeness (QED) is 0.252. The fourth-order valence-corrected chi connectivity index (χ4v) is 5.76. The van der Waals surface area contributed by atoms with E-state index >= 15 is 0 Å². The van der Waals surface area contributed by atoms with Crippen molar-refractivity contribution in [3.05, 3.63) is 54.3 Å². The molecule has 12 heteroatoms. The average molecular weight is 510 g/mol. The monoisotopic (exact) mass is 509 g/mol. The maximum atomic E-state index is 13.7. The molecule has 0 atom stereocenters. The van der Waals surface area contributed by atoms with E-state index in [1.165, 1.54) is 48.5 Å². The molecule has 10 nitrogen and oxygen atoms in total. The first-order chi connectivity index (χ1) is 16.7. The van der Waals surface area contributed by atoms with Gasteiger partial charge >= 0.3 is 5.97 Å². The van der Waals surface area contributed by atoms with E-state index in [4.69, 9.17) is 9.47 Å². The first-order valence-corrected chi connectivity index (χ1v) is 12.5. The second kappa shape index (κ2) is 11.6. The summed E-state index contributed by atoms with van der Waals surface area (Å²) in [5, 5.41) is 12.5. The van der Waals surface area contributed by atoms with Gasteiger partial charge in [-0.2, -0.15) is 4.31 Å². The van der Waals surface area contributed by atoms with Crippen LogP contribution in [0.1, 0.15) is 26.2 Å². The Bertz CT molecular complexity index is 1120. The normalized spacial score (nSPS) is 15.4. The van der Waals surface area contributed by atoms with Gasteiger partial charge in [0, 0.05) is 6.54 Å². The van der Waals surface area contributed by atoms with E-state index in [1.54, 1.807) is 12.4 Å². The van der Waals surface area contributed by atoms with Gasteiger partial charge < -0.3 is 14.8 Å². The van der Waals surface area contributed by atoms with Gasteiger partial charge in [0.1, 0.15) is 22.9 Å². The predicted molar refractivity (Wildman–Crippen MR) is 123 cm³/mol. The second-order valence-electron chi connectivity index (χ2n) is 7.88. The zero-order valence-corrected chi connectivity index (χ0v) is 20.0. The van der Waals surface area contributed by atoms with Crippen LogP contribution < -0.4 is 15.5 Å². The van der Waals surface area contributed by atoms with E-state index in [1.807, 2.05) is 0 Å². The number of esters is 1. The molecule has 3 N–H and O–H groups in total. The van der Waals surface area contributed by atoms with Crippen molar-refractivity contribution in [1.29, 1.82) is 0 Å². The van der Waals surface area contributed by atoms with Crippen LogP contribution in [0.3, 0.4) is 0 Å². The predicted octanol–water partition coefficient (Wildman–Crippen LogP) is 2.19. The molecule has 0 radical (unpaired) electrons. The third-order valence-corrected chi connectivity index (χ3v) is 7.70. The van der Waals surface area contributed by atoms with Crippen molar-refractivity contribution < 1.29 is 37.1 Å². The Balaban J connectivity index is 1.93. The molecule has 2 aromatic carbocycles. The summed E-state index contributed by atoms with van der Waals surface area (Å²) < 4.78 is 52.1. The number of carbonyl (C=O) groups is 2. The first-order valence-electron chi connectivity index (χ1n) is 11.1. The number of hydrogen-bond donors (Lipinski definition) is 3. The Morgan fingerprint density at radius 1 is 1.09 bits per heavy atom. The van der Waals surface area contributed by atoms with Crippen molar-refractivity contribution in [2.45, 2.75) is 36.6 Å². The number of hydrogen-bond acceptors (Lipinski definition) is 8. The lowest BCUT2D eigenvalue weighted by Gasteiger charge is -2.43. The van der Waals surface area contributed by atoms with Gasteiger partial charge in [0.2, 0.25) is 10.0 Å². The minimum atomic E-state index is -4.30. The van der Waals surface area contributed by atoms with Crippen LogP contribution in [0.4, 0.5) is 4.39 Å². The number of amides is 1. The average Bonchev–Trinajstić information content (AvgIpc) is 2.86. The standard InChI is InChI=1S/C23H28FN3O7S/c1-2-33-21(28)11-16-27(23(22(29)26-30)12-14-25-15-13-23)35(31,32)20-9-7-19(8-10-20)34-18-5-3-17(24)4-6-18/h3-10,25,30H,2,11-16H2,1H3,(H,26,29). The second-order valence-corrected chi connectivity index (χ2v) is 9.74. The van der Waals surface area contributed by atoms with Gasteiger partial charge in [0.15, 0.2) is 0 Å². The number of halogens is 1. The van der Waals surface area contributed by atoms with Gasteiger partial charge in [-0.25, -0.2) is 18.3 Å². The van der Waals surface area contributed by atoms with Crippen molar-refractivity contribution in [3.63, 3.8) is 0 Å². The summed E-state index contributed by atoms with van der Waals surface area (Å²) in [6, 6.07) is 10.8. The van der Waals surface area contributed by atoms with Crippen molar-refractivity contribution in [1.82, 2.24) is 15.1 Å². The minimum Gasteiger partial charge on any atom is -0.466 e. The molecular weight excluding hydrogens is 481 g/mol. The lowest BCUT2D eigenvalue weighted by Crippen LogP contribution is -2.64. The Morgan fingerprint density at radius 2 is 1.66 bits per heavy atom. The van der Waals surface area contributed by atoms with E-state index in [2.05, 4.69) is 5.32 Å². The fourth-order valence-electron chi connectivity index (χ4n) is 3.97. The lowest BCUT2D eigenvalue weighted by molar-refractivity contribution is -0.146. The molecule has 0 saturated carbocycles. The summed E-state index contributed by atoms with van der Waals surface area (Å²) in [4.78, 5) is 24.7. The summed E-state index contributed by atoms with van der Waals surface area (Å²) >= 11 is 0. The Hall–Kier alpha value is -3.06. The molecule has 2 aromatic rings. The van der Waals surface area contributed by atoms with Gasteiger partial charge in [-0.3, -0.25) is 14.8 Å². The minimum absolute atomic E-state index is 0.0905. The van der Waals surface area contributed by atoms with Crippen molar-refractivity contribution in [3.8, 4) is 11.5 Å². The lowest BCUT2D eigenvalue weighted by atomic mass is 9.87. The van der Waals surface area contributed by atoms with E-state index in [0.29, 0.717) is 24.6 Å². The SMILES string of the molecule is CCOC(=O)CCN(C1(C(=O)NO)CCNCC1)S(=O)(=O)c1ccc(Oc2ccc(F)cc2)cc1. The molecule has 1 heterocycles. The smallest absolute Gasteiger partial charge is 0.307 e.